The first-order valence-electron chi connectivity index (χ1n) is 13.3. The number of Topliss-reactive ketones (excluding diaryl/α,β-unsaturated/α-hetero) is 1. The largest absolute Gasteiger partial charge is 0.374 e. The molecule has 3 aromatic carbocycles. The molecule has 37 heavy (non-hydrogen) atoms. The van der Waals surface area contributed by atoms with Gasteiger partial charge in [-0.25, -0.2) is 0 Å². The highest BCUT2D eigenvalue weighted by Gasteiger charge is 2.31. The van der Waals surface area contributed by atoms with Crippen LogP contribution in [0.1, 0.15) is 94.5 Å². The molecule has 3 aromatic rings. The second-order valence-electron chi connectivity index (χ2n) is 9.84. The molecule has 0 saturated carbocycles. The van der Waals surface area contributed by atoms with Gasteiger partial charge in [0, 0.05) is 40.9 Å². The van der Waals surface area contributed by atoms with E-state index in [1.54, 1.807) is 0 Å². The quantitative estimate of drug-likeness (QED) is 0.223. The summed E-state index contributed by atoms with van der Waals surface area (Å²) in [5.41, 5.74) is 6.08. The van der Waals surface area contributed by atoms with Crippen molar-refractivity contribution in [2.24, 2.45) is 0 Å². The summed E-state index contributed by atoms with van der Waals surface area (Å²) >= 11 is 6.34. The lowest BCUT2D eigenvalue weighted by Gasteiger charge is -2.25. The SMILES string of the molecule is CCCN(C(=O)c1ccccc1C)c1ccc(C(=O)C2CCCC(OCC)c3cc(Cl)ccc32)c(C)c1. The Morgan fingerprint density at radius 1 is 0.919 bits per heavy atom. The fraction of sp³-hybridized carbons (Fsp3) is 0.375. The third-order valence-corrected chi connectivity index (χ3v) is 7.50. The summed E-state index contributed by atoms with van der Waals surface area (Å²) in [6.45, 7) is 9.20. The number of benzene rings is 3. The van der Waals surface area contributed by atoms with E-state index < -0.39 is 0 Å². The summed E-state index contributed by atoms with van der Waals surface area (Å²) in [6, 6.07) is 19.3. The zero-order valence-electron chi connectivity index (χ0n) is 22.2. The Bertz CT molecular complexity index is 1280. The number of rotatable bonds is 8. The van der Waals surface area contributed by atoms with E-state index in [0.29, 0.717) is 29.3 Å². The Labute approximate surface area is 225 Å². The molecule has 1 amide bonds. The summed E-state index contributed by atoms with van der Waals surface area (Å²) in [5, 5.41) is 0.659. The fourth-order valence-corrected chi connectivity index (χ4v) is 5.60. The molecule has 0 aromatic heterocycles. The van der Waals surface area contributed by atoms with Crippen LogP contribution in [0.4, 0.5) is 5.69 Å². The van der Waals surface area contributed by atoms with Crippen LogP contribution in [0.25, 0.3) is 0 Å². The van der Waals surface area contributed by atoms with Crippen molar-refractivity contribution in [2.45, 2.75) is 65.4 Å². The third kappa shape index (κ3) is 5.81. The van der Waals surface area contributed by atoms with Gasteiger partial charge in [0.1, 0.15) is 0 Å². The third-order valence-electron chi connectivity index (χ3n) is 7.27. The van der Waals surface area contributed by atoms with Gasteiger partial charge in [0.05, 0.1) is 6.10 Å². The summed E-state index contributed by atoms with van der Waals surface area (Å²) in [4.78, 5) is 29.2. The van der Waals surface area contributed by atoms with Crippen molar-refractivity contribution in [2.75, 3.05) is 18.1 Å². The van der Waals surface area contributed by atoms with E-state index in [0.717, 1.165) is 53.6 Å². The first-order chi connectivity index (χ1) is 17.8. The lowest BCUT2D eigenvalue weighted by atomic mass is 9.84. The molecule has 4 rings (SSSR count). The predicted molar refractivity (Wildman–Crippen MR) is 151 cm³/mol. The van der Waals surface area contributed by atoms with E-state index in [4.69, 9.17) is 16.3 Å². The number of ketones is 1. The van der Waals surface area contributed by atoms with Crippen molar-refractivity contribution in [3.8, 4) is 0 Å². The molecule has 2 atom stereocenters. The van der Waals surface area contributed by atoms with E-state index in [1.807, 2.05) is 86.3 Å². The smallest absolute Gasteiger partial charge is 0.258 e. The number of nitrogens with zero attached hydrogens (tertiary/aromatic N) is 1. The molecule has 2 unspecified atom stereocenters. The van der Waals surface area contributed by atoms with Crippen LogP contribution in [0.5, 0.6) is 0 Å². The summed E-state index contributed by atoms with van der Waals surface area (Å²) < 4.78 is 6.03. The van der Waals surface area contributed by atoms with Gasteiger partial charge in [-0.05, 0) is 105 Å². The van der Waals surface area contributed by atoms with Crippen LogP contribution in [0.2, 0.25) is 5.02 Å². The average Bonchev–Trinajstić information content (AvgIpc) is 3.06. The van der Waals surface area contributed by atoms with E-state index in [9.17, 15) is 9.59 Å². The molecule has 0 N–H and O–H groups in total. The topological polar surface area (TPSA) is 46.6 Å². The Hall–Kier alpha value is -2.95. The van der Waals surface area contributed by atoms with Crippen LogP contribution in [-0.4, -0.2) is 24.8 Å². The first kappa shape index (κ1) is 27.1. The van der Waals surface area contributed by atoms with Gasteiger partial charge in [-0.1, -0.05) is 42.8 Å². The Morgan fingerprint density at radius 3 is 2.41 bits per heavy atom. The lowest BCUT2D eigenvalue weighted by Crippen LogP contribution is -2.32. The van der Waals surface area contributed by atoms with Crippen LogP contribution in [-0.2, 0) is 4.74 Å². The van der Waals surface area contributed by atoms with E-state index in [-0.39, 0.29) is 23.7 Å². The van der Waals surface area contributed by atoms with Crippen LogP contribution in [0.15, 0.2) is 60.7 Å². The minimum atomic E-state index is -0.248. The second kappa shape index (κ2) is 12.1. The molecule has 0 fully saturated rings. The van der Waals surface area contributed by atoms with Gasteiger partial charge in [-0.15, -0.1) is 0 Å². The minimum Gasteiger partial charge on any atom is -0.374 e. The molecule has 0 heterocycles. The highest BCUT2D eigenvalue weighted by Crippen LogP contribution is 2.41. The molecule has 0 saturated heterocycles. The molecule has 194 valence electrons. The normalized spacial score (nSPS) is 17.1. The Kier molecular flexibility index (Phi) is 8.83. The van der Waals surface area contributed by atoms with Crippen LogP contribution in [0, 0.1) is 13.8 Å². The first-order valence-corrected chi connectivity index (χ1v) is 13.7. The lowest BCUT2D eigenvalue weighted by molar-refractivity contribution is 0.0558. The van der Waals surface area contributed by atoms with Crippen molar-refractivity contribution in [3.05, 3.63) is 99.1 Å². The van der Waals surface area contributed by atoms with Crippen LogP contribution < -0.4 is 4.90 Å². The molecule has 1 aliphatic rings. The molecule has 1 aliphatic carbocycles. The molecule has 0 radical (unpaired) electrons. The second-order valence-corrected chi connectivity index (χ2v) is 10.3. The zero-order chi connectivity index (χ0) is 26.5. The maximum atomic E-state index is 13.9. The van der Waals surface area contributed by atoms with Gasteiger partial charge >= 0.3 is 0 Å². The molecular weight excluding hydrogens is 482 g/mol. The van der Waals surface area contributed by atoms with Crippen LogP contribution >= 0.6 is 11.6 Å². The van der Waals surface area contributed by atoms with Crippen molar-refractivity contribution >= 4 is 29.0 Å². The molecule has 0 aliphatic heterocycles. The number of fused-ring (bicyclic) bond motifs is 1. The average molecular weight is 518 g/mol. The monoisotopic (exact) mass is 517 g/mol. The van der Waals surface area contributed by atoms with Gasteiger partial charge in [0.2, 0.25) is 0 Å². The van der Waals surface area contributed by atoms with Gasteiger partial charge in [-0.2, -0.15) is 0 Å². The number of carbonyl (C=O) groups excluding carboxylic acids is 2. The summed E-state index contributed by atoms with van der Waals surface area (Å²) in [5.74, 6) is -0.158. The van der Waals surface area contributed by atoms with E-state index in [1.165, 1.54) is 0 Å². The summed E-state index contributed by atoms with van der Waals surface area (Å²) in [6.07, 6.45) is 3.33. The fourth-order valence-electron chi connectivity index (χ4n) is 5.42. The van der Waals surface area contributed by atoms with Crippen LogP contribution in [0.3, 0.4) is 0 Å². The maximum Gasteiger partial charge on any atom is 0.258 e. The van der Waals surface area contributed by atoms with E-state index >= 15 is 0 Å². The van der Waals surface area contributed by atoms with Gasteiger partial charge in [-0.3, -0.25) is 9.59 Å². The highest BCUT2D eigenvalue weighted by atomic mass is 35.5. The number of halogens is 1. The van der Waals surface area contributed by atoms with Crippen molar-refractivity contribution in [3.63, 3.8) is 0 Å². The summed E-state index contributed by atoms with van der Waals surface area (Å²) in [7, 11) is 0. The number of carbonyl (C=O) groups is 2. The van der Waals surface area contributed by atoms with E-state index in [2.05, 4.69) is 6.92 Å². The standard InChI is InChI=1S/C32H36ClNO3/c1-5-18-34(32(36)26-11-8-7-10-21(26)3)24-15-17-25(22(4)19-24)31(35)28-12-9-13-30(37-6-2)29-20-23(33)14-16-27(28)29/h7-8,10-11,14-17,19-20,28,30H,5-6,9,12-13,18H2,1-4H3. The maximum absolute atomic E-state index is 13.9. The highest BCUT2D eigenvalue weighted by molar-refractivity contribution is 6.30. The van der Waals surface area contributed by atoms with Gasteiger partial charge in [0.15, 0.2) is 5.78 Å². The molecule has 4 nitrogen and oxygen atoms in total. The zero-order valence-corrected chi connectivity index (χ0v) is 23.0. The molecular formula is C32H36ClNO3. The van der Waals surface area contributed by atoms with Gasteiger partial charge in [0.25, 0.3) is 5.91 Å². The number of aryl methyl sites for hydroxylation is 2. The molecule has 0 bridgehead atoms. The van der Waals surface area contributed by atoms with Gasteiger partial charge < -0.3 is 9.64 Å². The van der Waals surface area contributed by atoms with Crippen molar-refractivity contribution in [1.29, 1.82) is 0 Å². The van der Waals surface area contributed by atoms with Crippen molar-refractivity contribution < 1.29 is 14.3 Å². The Balaban J connectivity index is 1.67. The molecule has 5 heteroatoms. The minimum absolute atomic E-state index is 0.0185. The number of amides is 1. The Morgan fingerprint density at radius 2 is 1.70 bits per heavy atom. The van der Waals surface area contributed by atoms with Crippen molar-refractivity contribution in [1.82, 2.24) is 0 Å². The predicted octanol–water partition coefficient (Wildman–Crippen LogP) is 8.24. The number of hydrogen-bond donors (Lipinski definition) is 0. The molecule has 0 spiro atoms. The number of hydrogen-bond acceptors (Lipinski definition) is 3. The number of anilines is 1. The number of ether oxygens (including phenoxy) is 1.